The molecule has 244 valence electrons. The summed E-state index contributed by atoms with van der Waals surface area (Å²) in [6.07, 6.45) is -2.83. The van der Waals surface area contributed by atoms with Crippen LogP contribution in [0.3, 0.4) is 0 Å². The van der Waals surface area contributed by atoms with Crippen LogP contribution in [0, 0.1) is 6.92 Å². The molecule has 0 radical (unpaired) electrons. The van der Waals surface area contributed by atoms with E-state index in [0.29, 0.717) is 5.69 Å². The number of H-pyrrole nitrogens is 1. The van der Waals surface area contributed by atoms with Crippen LogP contribution in [-0.4, -0.2) is 88.7 Å². The van der Waals surface area contributed by atoms with E-state index in [1.54, 1.807) is 6.92 Å². The highest BCUT2D eigenvalue weighted by Gasteiger charge is 2.53. The molecule has 0 saturated carbocycles. The molecule has 7 N–H and O–H groups in total. The van der Waals surface area contributed by atoms with Crippen molar-refractivity contribution in [2.75, 3.05) is 18.9 Å². The molecular weight excluding hydrogens is 642 g/mol. The number of guanidine groups is 1. The van der Waals surface area contributed by atoms with Crippen LogP contribution in [0.25, 0.3) is 11.2 Å². The van der Waals surface area contributed by atoms with Gasteiger partial charge in [0.25, 0.3) is 5.56 Å². The lowest BCUT2D eigenvalue weighted by atomic mass is 9.98. The zero-order valence-electron chi connectivity index (χ0n) is 23.8. The van der Waals surface area contributed by atoms with E-state index in [0.717, 1.165) is 0 Å². The Morgan fingerprint density at radius 2 is 1.87 bits per heavy atom. The number of phosphoric ester groups is 2. The molecule has 23 heteroatoms. The summed E-state index contributed by atoms with van der Waals surface area (Å²) in [7, 11) is -9.63. The second kappa shape index (κ2) is 11.5. The van der Waals surface area contributed by atoms with Crippen LogP contribution in [0.15, 0.2) is 27.4 Å². The summed E-state index contributed by atoms with van der Waals surface area (Å²) in [5, 5.41) is 0. The Kier molecular flexibility index (Phi) is 8.05. The number of anilines is 1. The molecule has 21 nitrogen and oxygen atoms in total. The minimum Gasteiger partial charge on any atom is -0.369 e. The van der Waals surface area contributed by atoms with Gasteiger partial charge in [-0.2, -0.15) is 9.98 Å². The van der Waals surface area contributed by atoms with Crippen molar-refractivity contribution in [3.63, 3.8) is 0 Å². The average Bonchev–Trinajstić information content (AvgIpc) is 3.71. The largest absolute Gasteiger partial charge is 0.472 e. The van der Waals surface area contributed by atoms with Crippen LogP contribution in [0.1, 0.15) is 37.9 Å². The molecule has 6 rings (SSSR count). The van der Waals surface area contributed by atoms with Gasteiger partial charge in [-0.1, -0.05) is 0 Å². The van der Waals surface area contributed by atoms with Crippen molar-refractivity contribution in [2.45, 2.75) is 63.1 Å². The van der Waals surface area contributed by atoms with Gasteiger partial charge >= 0.3 is 15.6 Å². The number of nitrogens with zero attached hydrogens (tertiary/aromatic N) is 7. The van der Waals surface area contributed by atoms with Gasteiger partial charge in [-0.05, 0) is 20.6 Å². The lowest BCUT2D eigenvalue weighted by Gasteiger charge is -2.32. The number of nitrogen functional groups attached to an aromatic ring is 1. The Balaban J connectivity index is 1.26. The number of nitrogens with one attached hydrogen (secondary N) is 1. The average molecular weight is 672 g/mol. The molecule has 0 aliphatic carbocycles. The minimum absolute atomic E-state index is 0.0269. The Hall–Kier alpha value is -3.36. The summed E-state index contributed by atoms with van der Waals surface area (Å²) in [5.41, 5.74) is 9.72. The molecule has 3 aromatic heterocycles. The Morgan fingerprint density at radius 3 is 2.62 bits per heavy atom. The fraction of sp³-hybridized carbons (Fsp3) is 0.545. The van der Waals surface area contributed by atoms with E-state index >= 15 is 0 Å². The van der Waals surface area contributed by atoms with E-state index in [4.69, 9.17) is 39.0 Å². The molecule has 0 bridgehead atoms. The van der Waals surface area contributed by atoms with Crippen LogP contribution in [0.5, 0.6) is 0 Å². The molecular formula is C22H30N10O11P2. The zero-order chi connectivity index (χ0) is 32.3. The van der Waals surface area contributed by atoms with E-state index in [1.165, 1.54) is 28.7 Å². The summed E-state index contributed by atoms with van der Waals surface area (Å²) < 4.78 is 63.1. The van der Waals surface area contributed by atoms with Crippen LogP contribution >= 0.6 is 15.6 Å². The van der Waals surface area contributed by atoms with Gasteiger partial charge in [0.15, 0.2) is 17.0 Å². The molecule has 3 aliphatic heterocycles. The van der Waals surface area contributed by atoms with Crippen LogP contribution < -0.4 is 17.0 Å². The summed E-state index contributed by atoms with van der Waals surface area (Å²) in [5.74, 6) is -0.0196. The van der Waals surface area contributed by atoms with Crippen molar-refractivity contribution in [1.29, 1.82) is 0 Å². The van der Waals surface area contributed by atoms with Gasteiger partial charge in [0.1, 0.15) is 36.4 Å². The van der Waals surface area contributed by atoms with Crippen molar-refractivity contribution in [2.24, 2.45) is 15.7 Å². The summed E-state index contributed by atoms with van der Waals surface area (Å²) in [4.78, 5) is 56.2. The number of ether oxygens (including phenoxy) is 2. The molecule has 8 atom stereocenters. The third kappa shape index (κ3) is 6.24. The predicted octanol–water partition coefficient (Wildman–Crippen LogP) is 0.537. The van der Waals surface area contributed by atoms with Gasteiger partial charge in [-0.3, -0.25) is 37.0 Å². The van der Waals surface area contributed by atoms with E-state index in [-0.39, 0.29) is 41.7 Å². The number of hydrogen-bond acceptors (Lipinski definition) is 14. The highest BCUT2D eigenvalue weighted by molar-refractivity contribution is 7.47. The fourth-order valence-corrected chi connectivity index (χ4v) is 7.44. The van der Waals surface area contributed by atoms with Gasteiger partial charge in [-0.15, -0.1) is 0 Å². The SMILES string of the molecule is C=NC(N)=Nc1c(C)ncn1C1C[C@@H]2OP(=O)(O)OC[C@H]3OC(n4cnc5c(=O)[nH]c(N)nc54)CC3(C)OP(=O)(O)OC[C@H]2O1. The van der Waals surface area contributed by atoms with E-state index in [2.05, 4.69) is 36.6 Å². The van der Waals surface area contributed by atoms with Gasteiger partial charge in [0.05, 0.1) is 31.6 Å². The molecule has 0 spiro atoms. The molecule has 0 amide bonds. The summed E-state index contributed by atoms with van der Waals surface area (Å²) in [6.45, 7) is 5.25. The molecule has 0 aromatic carbocycles. The quantitative estimate of drug-likeness (QED) is 0.144. The monoisotopic (exact) mass is 672 g/mol. The maximum atomic E-state index is 13.2. The highest BCUT2D eigenvalue weighted by Crippen LogP contribution is 2.56. The van der Waals surface area contributed by atoms with E-state index in [1.807, 2.05) is 0 Å². The van der Waals surface area contributed by atoms with Crippen molar-refractivity contribution in [3.8, 4) is 0 Å². The standard InChI is InChI=1S/C22H30N10O11P2/c1-10-17(28-20(23)25-3)31(8-26-10)14-4-11-12(40-14)6-38-45(36,37)43-22(2)5-15(41-13(22)7-39-44(34,35)42-11)32-9-27-16-18(32)29-21(24)30-19(16)33/h8-9,11-15H,3-7H2,1-2H3,(H2,23,28)(H,34,35)(H,36,37)(H3,24,29,30,33)/t11-,12+,13+,14?,15?,22?/m0/s1. The predicted molar refractivity (Wildman–Crippen MR) is 153 cm³/mol. The second-order valence-corrected chi connectivity index (χ2v) is 13.5. The van der Waals surface area contributed by atoms with E-state index in [9.17, 15) is 23.7 Å². The number of nitrogens with two attached hydrogens (primary N) is 2. The molecule has 45 heavy (non-hydrogen) atoms. The fourth-order valence-electron chi connectivity index (χ4n) is 5.38. The smallest absolute Gasteiger partial charge is 0.369 e. The lowest BCUT2D eigenvalue weighted by molar-refractivity contribution is -0.0874. The molecule has 3 fully saturated rings. The Morgan fingerprint density at radius 1 is 1.13 bits per heavy atom. The third-order valence-electron chi connectivity index (χ3n) is 7.54. The first kappa shape index (κ1) is 31.6. The highest BCUT2D eigenvalue weighted by atomic mass is 31.2. The van der Waals surface area contributed by atoms with Crippen molar-refractivity contribution < 1.29 is 46.5 Å². The molecule has 5 unspecified atom stereocenters. The number of rotatable bonds is 3. The molecule has 3 aromatic rings. The number of aryl methyl sites for hydroxylation is 1. The number of hydrogen-bond donors (Lipinski definition) is 5. The van der Waals surface area contributed by atoms with Crippen LogP contribution in [0.4, 0.5) is 11.8 Å². The molecule has 6 heterocycles. The number of fused-ring (bicyclic) bond motifs is 3. The minimum atomic E-state index is -4.84. The number of aromatic nitrogens is 6. The van der Waals surface area contributed by atoms with Gasteiger partial charge in [-0.25, -0.2) is 24.1 Å². The van der Waals surface area contributed by atoms with Crippen LogP contribution in [-0.2, 0) is 36.7 Å². The number of phosphoric acid groups is 2. The van der Waals surface area contributed by atoms with E-state index < -0.39 is 70.8 Å². The first-order valence-electron chi connectivity index (χ1n) is 13.4. The first-order valence-corrected chi connectivity index (χ1v) is 16.4. The third-order valence-corrected chi connectivity index (χ3v) is 9.68. The van der Waals surface area contributed by atoms with Crippen molar-refractivity contribution >= 4 is 51.3 Å². The number of imidazole rings is 2. The van der Waals surface area contributed by atoms with Gasteiger partial charge < -0.3 is 30.7 Å². The van der Waals surface area contributed by atoms with Gasteiger partial charge in [0, 0.05) is 12.8 Å². The maximum Gasteiger partial charge on any atom is 0.472 e. The van der Waals surface area contributed by atoms with Crippen molar-refractivity contribution in [1.82, 2.24) is 29.1 Å². The topological polar surface area (TPSA) is 288 Å². The Labute approximate surface area is 253 Å². The van der Waals surface area contributed by atoms with Crippen molar-refractivity contribution in [3.05, 3.63) is 28.7 Å². The van der Waals surface area contributed by atoms with Gasteiger partial charge in [0.2, 0.25) is 11.9 Å². The summed E-state index contributed by atoms with van der Waals surface area (Å²) >= 11 is 0. The number of aromatic amines is 1. The Bertz CT molecular complexity index is 1830. The zero-order valence-corrected chi connectivity index (χ0v) is 25.6. The second-order valence-electron chi connectivity index (χ2n) is 10.7. The lowest BCUT2D eigenvalue weighted by Crippen LogP contribution is -2.41. The molecule has 3 saturated heterocycles. The van der Waals surface area contributed by atoms with Crippen LogP contribution in [0.2, 0.25) is 0 Å². The normalized spacial score (nSPS) is 36.3. The first-order chi connectivity index (χ1) is 21.2. The number of aliphatic imine (C=N–C) groups is 2. The summed E-state index contributed by atoms with van der Waals surface area (Å²) in [6, 6.07) is 0. The maximum absolute atomic E-state index is 13.2. The molecule has 3 aliphatic rings.